The number of aromatic nitrogens is 3. The van der Waals surface area contributed by atoms with Gasteiger partial charge >= 0.3 is 6.18 Å². The Balaban J connectivity index is 1.68. The summed E-state index contributed by atoms with van der Waals surface area (Å²) in [6, 6.07) is 10.3. The van der Waals surface area contributed by atoms with Gasteiger partial charge in [-0.25, -0.2) is 4.39 Å². The molecule has 3 aromatic rings. The van der Waals surface area contributed by atoms with Crippen molar-refractivity contribution >= 4 is 23.4 Å². The number of nitrogens with one attached hydrogen (secondary N) is 1. The van der Waals surface area contributed by atoms with E-state index in [-0.39, 0.29) is 11.3 Å². The van der Waals surface area contributed by atoms with E-state index in [0.717, 1.165) is 23.9 Å². The van der Waals surface area contributed by atoms with E-state index < -0.39 is 28.7 Å². The van der Waals surface area contributed by atoms with Gasteiger partial charge in [0.15, 0.2) is 11.0 Å². The van der Waals surface area contributed by atoms with Crippen LogP contribution in [-0.2, 0) is 18.0 Å². The Morgan fingerprint density at radius 2 is 1.76 bits per heavy atom. The van der Waals surface area contributed by atoms with Gasteiger partial charge in [-0.2, -0.15) is 13.2 Å². The summed E-state index contributed by atoms with van der Waals surface area (Å²) in [6.45, 7) is 1.63. The van der Waals surface area contributed by atoms with Crippen molar-refractivity contribution in [3.8, 4) is 11.4 Å². The zero-order valence-electron chi connectivity index (χ0n) is 15.4. The maximum atomic E-state index is 14.0. The molecule has 1 heterocycles. The van der Waals surface area contributed by atoms with Crippen LogP contribution in [0.4, 0.5) is 23.2 Å². The lowest BCUT2D eigenvalue weighted by Gasteiger charge is -2.13. The van der Waals surface area contributed by atoms with E-state index in [9.17, 15) is 22.4 Å². The maximum Gasteiger partial charge on any atom is 0.416 e. The van der Waals surface area contributed by atoms with Crippen LogP contribution < -0.4 is 5.32 Å². The van der Waals surface area contributed by atoms with Gasteiger partial charge in [0.1, 0.15) is 5.82 Å². The lowest BCUT2D eigenvalue weighted by molar-refractivity contribution is -0.137. The second-order valence-electron chi connectivity index (χ2n) is 6.17. The Morgan fingerprint density at radius 3 is 2.38 bits per heavy atom. The van der Waals surface area contributed by atoms with Gasteiger partial charge < -0.3 is 9.88 Å². The summed E-state index contributed by atoms with van der Waals surface area (Å²) in [7, 11) is 1.66. The molecule has 0 aliphatic carbocycles. The number of alkyl halides is 3. The van der Waals surface area contributed by atoms with E-state index in [2.05, 4.69) is 15.5 Å². The number of thioether (sulfide) groups is 1. The molecule has 1 N–H and O–H groups in total. The normalized spacial score (nSPS) is 12.6. The Hall–Kier alpha value is -2.88. The molecule has 5 nitrogen and oxygen atoms in total. The molecule has 0 fully saturated rings. The van der Waals surface area contributed by atoms with Gasteiger partial charge in [-0.05, 0) is 43.3 Å². The molecule has 3 rings (SSSR count). The number of hydrogen-bond donors (Lipinski definition) is 1. The van der Waals surface area contributed by atoms with E-state index >= 15 is 0 Å². The molecule has 152 valence electrons. The van der Waals surface area contributed by atoms with Gasteiger partial charge in [-0.15, -0.1) is 10.2 Å². The average Bonchev–Trinajstić information content (AvgIpc) is 3.02. The second kappa shape index (κ2) is 8.24. The van der Waals surface area contributed by atoms with Crippen LogP contribution in [0.3, 0.4) is 0 Å². The summed E-state index contributed by atoms with van der Waals surface area (Å²) in [4.78, 5) is 12.4. The number of halogens is 4. The van der Waals surface area contributed by atoms with Crippen LogP contribution in [0.5, 0.6) is 0 Å². The summed E-state index contributed by atoms with van der Waals surface area (Å²) in [5.74, 6) is -0.529. The van der Waals surface area contributed by atoms with Crippen molar-refractivity contribution in [2.24, 2.45) is 7.05 Å². The summed E-state index contributed by atoms with van der Waals surface area (Å²) in [5.41, 5.74) is -0.255. The minimum absolute atomic E-state index is 0.250. The third kappa shape index (κ3) is 4.76. The number of carbonyl (C=O) groups excluding carboxylic acids is 1. The molecular weight excluding hydrogens is 408 g/mol. The Bertz CT molecular complexity index is 1020. The molecule has 1 aromatic heterocycles. The highest BCUT2D eigenvalue weighted by Gasteiger charge is 2.30. The summed E-state index contributed by atoms with van der Waals surface area (Å²) in [5, 5.41) is 10.3. The second-order valence-corrected chi connectivity index (χ2v) is 7.48. The largest absolute Gasteiger partial charge is 0.416 e. The number of amides is 1. The molecule has 0 saturated heterocycles. The Morgan fingerprint density at radius 1 is 1.10 bits per heavy atom. The van der Waals surface area contributed by atoms with Crippen molar-refractivity contribution < 1.29 is 22.4 Å². The van der Waals surface area contributed by atoms with E-state index in [1.807, 2.05) is 0 Å². The molecule has 0 saturated carbocycles. The van der Waals surface area contributed by atoms with Crippen LogP contribution in [-0.4, -0.2) is 25.9 Å². The van der Waals surface area contributed by atoms with Crippen molar-refractivity contribution in [3.63, 3.8) is 0 Å². The number of carbonyl (C=O) groups is 1. The van der Waals surface area contributed by atoms with Crippen molar-refractivity contribution in [3.05, 3.63) is 59.9 Å². The van der Waals surface area contributed by atoms with E-state index in [4.69, 9.17) is 0 Å². The molecule has 1 amide bonds. The highest BCUT2D eigenvalue weighted by Crippen LogP contribution is 2.30. The molecule has 0 aliphatic heterocycles. The van der Waals surface area contributed by atoms with Gasteiger partial charge in [-0.1, -0.05) is 23.9 Å². The van der Waals surface area contributed by atoms with Crippen molar-refractivity contribution in [1.29, 1.82) is 0 Å². The summed E-state index contributed by atoms with van der Waals surface area (Å²) >= 11 is 1.10. The fraction of sp³-hybridized carbons (Fsp3) is 0.211. The predicted octanol–water partition coefficient (Wildman–Crippen LogP) is 4.76. The highest BCUT2D eigenvalue weighted by molar-refractivity contribution is 8.00. The Kier molecular flexibility index (Phi) is 5.92. The fourth-order valence-electron chi connectivity index (χ4n) is 2.49. The quantitative estimate of drug-likeness (QED) is 0.474. The van der Waals surface area contributed by atoms with Crippen molar-refractivity contribution in [2.45, 2.75) is 23.5 Å². The highest BCUT2D eigenvalue weighted by atomic mass is 32.2. The Labute approximate surface area is 168 Å². The lowest BCUT2D eigenvalue weighted by atomic mass is 10.2. The molecular formula is C19H16F4N4OS. The van der Waals surface area contributed by atoms with Gasteiger partial charge in [-0.3, -0.25) is 4.79 Å². The van der Waals surface area contributed by atoms with Gasteiger partial charge in [0.25, 0.3) is 0 Å². The van der Waals surface area contributed by atoms with Crippen molar-refractivity contribution in [2.75, 3.05) is 5.32 Å². The number of nitrogens with zero attached hydrogens (tertiary/aromatic N) is 3. The first-order valence-electron chi connectivity index (χ1n) is 8.46. The first-order chi connectivity index (χ1) is 13.7. The van der Waals surface area contributed by atoms with E-state index in [0.29, 0.717) is 11.0 Å². The molecule has 10 heteroatoms. The van der Waals surface area contributed by atoms with E-state index in [1.165, 1.54) is 18.2 Å². The number of benzene rings is 2. The lowest BCUT2D eigenvalue weighted by Crippen LogP contribution is -2.23. The van der Waals surface area contributed by atoms with Gasteiger partial charge in [0.2, 0.25) is 5.91 Å². The molecule has 2 aromatic carbocycles. The first kappa shape index (κ1) is 20.8. The molecule has 0 bridgehead atoms. The topological polar surface area (TPSA) is 59.8 Å². The summed E-state index contributed by atoms with van der Waals surface area (Å²) in [6.07, 6.45) is -4.44. The number of rotatable bonds is 5. The van der Waals surface area contributed by atoms with Crippen LogP contribution >= 0.6 is 11.8 Å². The molecule has 0 spiro atoms. The van der Waals surface area contributed by atoms with Crippen LogP contribution in [0.2, 0.25) is 0 Å². The number of hydrogen-bond acceptors (Lipinski definition) is 4. The van der Waals surface area contributed by atoms with Crippen LogP contribution in [0.25, 0.3) is 11.4 Å². The molecule has 0 radical (unpaired) electrons. The van der Waals surface area contributed by atoms with Gasteiger partial charge in [0, 0.05) is 12.7 Å². The first-order valence-corrected chi connectivity index (χ1v) is 9.34. The fourth-order valence-corrected chi connectivity index (χ4v) is 3.31. The third-order valence-corrected chi connectivity index (χ3v) is 5.21. The third-order valence-electron chi connectivity index (χ3n) is 4.08. The zero-order valence-corrected chi connectivity index (χ0v) is 16.2. The van der Waals surface area contributed by atoms with Gasteiger partial charge in [0.05, 0.1) is 16.4 Å². The maximum absolute atomic E-state index is 14.0. The van der Waals surface area contributed by atoms with Crippen LogP contribution in [0.15, 0.2) is 53.7 Å². The summed E-state index contributed by atoms with van der Waals surface area (Å²) < 4.78 is 53.4. The molecule has 1 unspecified atom stereocenters. The standard InChI is InChI=1S/C19H16F4N4OS/c1-11(17(28)24-13-9-7-12(8-10-13)19(21,22)23)29-18-26-25-16(27(18)2)14-5-3-4-6-15(14)20/h3-11H,1-2H3,(H,24,28). The average molecular weight is 424 g/mol. The van der Waals surface area contributed by atoms with Crippen LogP contribution in [0.1, 0.15) is 12.5 Å². The predicted molar refractivity (Wildman–Crippen MR) is 102 cm³/mol. The van der Waals surface area contributed by atoms with Crippen LogP contribution in [0, 0.1) is 5.82 Å². The minimum Gasteiger partial charge on any atom is -0.325 e. The molecule has 1 atom stereocenters. The zero-order chi connectivity index (χ0) is 21.2. The number of anilines is 1. The molecule has 29 heavy (non-hydrogen) atoms. The monoisotopic (exact) mass is 424 g/mol. The minimum atomic E-state index is -4.44. The smallest absolute Gasteiger partial charge is 0.325 e. The SMILES string of the molecule is CC(Sc1nnc(-c2ccccc2F)n1C)C(=O)Nc1ccc(C(F)(F)F)cc1. The van der Waals surface area contributed by atoms with Crippen molar-refractivity contribution in [1.82, 2.24) is 14.8 Å². The van der Waals surface area contributed by atoms with E-state index in [1.54, 1.807) is 36.7 Å². The molecule has 0 aliphatic rings.